The van der Waals surface area contributed by atoms with Crippen molar-refractivity contribution in [2.75, 3.05) is 13.2 Å². The van der Waals surface area contributed by atoms with E-state index in [0.29, 0.717) is 19.4 Å². The third kappa shape index (κ3) is 8.31. The highest BCUT2D eigenvalue weighted by molar-refractivity contribution is 5.78. The van der Waals surface area contributed by atoms with Crippen LogP contribution >= 0.6 is 0 Å². The van der Waals surface area contributed by atoms with Gasteiger partial charge in [0, 0.05) is 12.5 Å². The fraction of sp³-hybridized carbons (Fsp3) is 0.765. The van der Waals surface area contributed by atoms with E-state index in [2.05, 4.69) is 10.6 Å². The quantitative estimate of drug-likeness (QED) is 0.658. The van der Waals surface area contributed by atoms with Crippen LogP contribution in [-0.4, -0.2) is 54.1 Å². The molecular weight excluding hydrogens is 312 g/mol. The third-order valence-electron chi connectivity index (χ3n) is 3.52. The van der Waals surface area contributed by atoms with E-state index in [0.717, 1.165) is 0 Å². The summed E-state index contributed by atoms with van der Waals surface area (Å²) in [6.07, 6.45) is 3.73. The lowest BCUT2D eigenvalue weighted by atomic mass is 10.1. The highest BCUT2D eigenvalue weighted by atomic mass is 16.6. The van der Waals surface area contributed by atoms with Crippen molar-refractivity contribution in [1.82, 2.24) is 10.6 Å². The SMILES string of the molecule is CCC(CC(=O)NC1C/C=C\COC[C@H]1O)NC(=O)OC(C)(C)C. The van der Waals surface area contributed by atoms with Crippen LogP contribution in [0.15, 0.2) is 12.2 Å². The minimum Gasteiger partial charge on any atom is -0.444 e. The van der Waals surface area contributed by atoms with E-state index < -0.39 is 23.8 Å². The molecule has 0 radical (unpaired) electrons. The van der Waals surface area contributed by atoms with Gasteiger partial charge in [0.05, 0.1) is 25.4 Å². The average Bonchev–Trinajstić information content (AvgIpc) is 2.44. The lowest BCUT2D eigenvalue weighted by molar-refractivity contribution is -0.123. The maximum atomic E-state index is 12.2. The predicted octanol–water partition coefficient (Wildman–Crippen LogP) is 1.50. The van der Waals surface area contributed by atoms with Crippen LogP contribution in [0.3, 0.4) is 0 Å². The summed E-state index contributed by atoms with van der Waals surface area (Å²) in [5.41, 5.74) is -0.583. The molecule has 3 N–H and O–H groups in total. The highest BCUT2D eigenvalue weighted by Gasteiger charge is 2.24. The number of amides is 2. The molecule has 0 spiro atoms. The maximum Gasteiger partial charge on any atom is 0.407 e. The van der Waals surface area contributed by atoms with E-state index in [-0.39, 0.29) is 25.0 Å². The van der Waals surface area contributed by atoms with Gasteiger partial charge in [0.15, 0.2) is 0 Å². The van der Waals surface area contributed by atoms with Crippen LogP contribution < -0.4 is 10.6 Å². The number of ether oxygens (including phenoxy) is 2. The summed E-state index contributed by atoms with van der Waals surface area (Å²) < 4.78 is 10.4. The van der Waals surface area contributed by atoms with Gasteiger partial charge in [0.1, 0.15) is 5.60 Å². The molecule has 1 aliphatic heterocycles. The molecule has 0 aliphatic carbocycles. The predicted molar refractivity (Wildman–Crippen MR) is 90.6 cm³/mol. The number of carbonyl (C=O) groups excluding carboxylic acids is 2. The molecule has 0 fully saturated rings. The number of nitrogens with one attached hydrogen (secondary N) is 2. The summed E-state index contributed by atoms with van der Waals surface area (Å²) >= 11 is 0. The maximum absolute atomic E-state index is 12.2. The number of hydrogen-bond acceptors (Lipinski definition) is 5. The van der Waals surface area contributed by atoms with Crippen molar-refractivity contribution in [3.05, 3.63) is 12.2 Å². The van der Waals surface area contributed by atoms with Gasteiger partial charge >= 0.3 is 6.09 Å². The number of carbonyl (C=O) groups is 2. The van der Waals surface area contributed by atoms with Crippen molar-refractivity contribution in [2.24, 2.45) is 0 Å². The normalized spacial score (nSPS) is 24.2. The third-order valence-corrected chi connectivity index (χ3v) is 3.52. The van der Waals surface area contributed by atoms with Gasteiger partial charge in [0.2, 0.25) is 5.91 Å². The molecular formula is C17H30N2O5. The molecule has 0 aromatic heterocycles. The van der Waals surface area contributed by atoms with E-state index in [9.17, 15) is 14.7 Å². The molecule has 7 heteroatoms. The smallest absolute Gasteiger partial charge is 0.407 e. The first-order valence-electron chi connectivity index (χ1n) is 8.41. The minimum atomic E-state index is -0.752. The monoisotopic (exact) mass is 342 g/mol. The van der Waals surface area contributed by atoms with Crippen LogP contribution in [0.2, 0.25) is 0 Å². The summed E-state index contributed by atoms with van der Waals surface area (Å²) in [4.78, 5) is 24.0. The number of aliphatic hydroxyl groups excluding tert-OH is 1. The Morgan fingerprint density at radius 2 is 2.08 bits per heavy atom. The van der Waals surface area contributed by atoms with Crippen LogP contribution in [-0.2, 0) is 14.3 Å². The molecule has 1 rings (SSSR count). The minimum absolute atomic E-state index is 0.129. The number of aliphatic hydroxyl groups is 1. The van der Waals surface area contributed by atoms with E-state index in [1.807, 2.05) is 19.1 Å². The zero-order valence-electron chi connectivity index (χ0n) is 15.0. The van der Waals surface area contributed by atoms with Crippen molar-refractivity contribution in [3.63, 3.8) is 0 Å². The Kier molecular flexibility index (Phi) is 8.21. The van der Waals surface area contributed by atoms with Crippen molar-refractivity contribution in [1.29, 1.82) is 0 Å². The number of alkyl carbamates (subject to hydrolysis) is 1. The molecule has 7 nitrogen and oxygen atoms in total. The highest BCUT2D eigenvalue weighted by Crippen LogP contribution is 2.09. The molecule has 0 saturated heterocycles. The Labute approximate surface area is 143 Å². The molecule has 138 valence electrons. The second kappa shape index (κ2) is 9.64. The fourth-order valence-corrected chi connectivity index (χ4v) is 2.26. The van der Waals surface area contributed by atoms with Gasteiger partial charge in [-0.25, -0.2) is 4.79 Å². The van der Waals surface area contributed by atoms with Gasteiger partial charge < -0.3 is 25.2 Å². The van der Waals surface area contributed by atoms with Crippen molar-refractivity contribution in [2.45, 2.75) is 70.7 Å². The number of rotatable bonds is 5. The van der Waals surface area contributed by atoms with Crippen LogP contribution in [0.1, 0.15) is 47.0 Å². The lowest BCUT2D eigenvalue weighted by Gasteiger charge is -2.26. The van der Waals surface area contributed by atoms with Gasteiger partial charge in [-0.1, -0.05) is 19.1 Å². The second-order valence-corrected chi connectivity index (χ2v) is 6.94. The zero-order valence-corrected chi connectivity index (χ0v) is 15.0. The van der Waals surface area contributed by atoms with E-state index in [1.165, 1.54) is 0 Å². The van der Waals surface area contributed by atoms with Crippen LogP contribution in [0.5, 0.6) is 0 Å². The summed E-state index contributed by atoms with van der Waals surface area (Å²) in [7, 11) is 0. The van der Waals surface area contributed by atoms with E-state index >= 15 is 0 Å². The van der Waals surface area contributed by atoms with Gasteiger partial charge in [-0.3, -0.25) is 4.79 Å². The second-order valence-electron chi connectivity index (χ2n) is 6.94. The number of hydrogen-bond donors (Lipinski definition) is 3. The van der Waals surface area contributed by atoms with Crippen molar-refractivity contribution in [3.8, 4) is 0 Å². The van der Waals surface area contributed by atoms with E-state index in [4.69, 9.17) is 9.47 Å². The fourth-order valence-electron chi connectivity index (χ4n) is 2.26. The summed E-state index contributed by atoms with van der Waals surface area (Å²) in [5.74, 6) is -0.226. The molecule has 0 bridgehead atoms. The molecule has 0 aromatic rings. The summed E-state index contributed by atoms with van der Waals surface area (Å²) in [6.45, 7) is 7.89. The lowest BCUT2D eigenvalue weighted by Crippen LogP contribution is -2.48. The van der Waals surface area contributed by atoms with Crippen LogP contribution in [0, 0.1) is 0 Å². The molecule has 0 saturated carbocycles. The molecule has 1 aliphatic rings. The Hall–Kier alpha value is -1.60. The van der Waals surface area contributed by atoms with Crippen LogP contribution in [0.25, 0.3) is 0 Å². The topological polar surface area (TPSA) is 96.9 Å². The molecule has 2 amide bonds. The largest absolute Gasteiger partial charge is 0.444 e. The van der Waals surface area contributed by atoms with Crippen molar-refractivity contribution >= 4 is 12.0 Å². The summed E-state index contributed by atoms with van der Waals surface area (Å²) in [6, 6.07) is -0.717. The Morgan fingerprint density at radius 3 is 2.71 bits per heavy atom. The molecule has 2 unspecified atom stereocenters. The molecule has 24 heavy (non-hydrogen) atoms. The standard InChI is InChI=1S/C17H30N2O5/c1-5-12(18-16(22)24-17(2,3)4)10-15(21)19-13-8-6-7-9-23-11-14(13)20/h6-7,12-14,20H,5,8-11H2,1-4H3,(H,18,22)(H,19,21)/b7-6-/t12?,13?,14-/m1/s1. The van der Waals surface area contributed by atoms with Gasteiger partial charge in [-0.05, 0) is 33.6 Å². The molecule has 3 atom stereocenters. The van der Waals surface area contributed by atoms with Gasteiger partial charge in [0.25, 0.3) is 0 Å². The Balaban J connectivity index is 2.49. The zero-order chi connectivity index (χ0) is 18.2. The first-order chi connectivity index (χ1) is 11.2. The molecule has 0 aromatic carbocycles. The van der Waals surface area contributed by atoms with Crippen molar-refractivity contribution < 1.29 is 24.2 Å². The Morgan fingerprint density at radius 1 is 1.38 bits per heavy atom. The average molecular weight is 342 g/mol. The van der Waals surface area contributed by atoms with Gasteiger partial charge in [-0.2, -0.15) is 0 Å². The summed E-state index contributed by atoms with van der Waals surface area (Å²) in [5, 5.41) is 15.5. The van der Waals surface area contributed by atoms with Crippen LogP contribution in [0.4, 0.5) is 4.79 Å². The molecule has 1 heterocycles. The first kappa shape index (κ1) is 20.4. The van der Waals surface area contributed by atoms with E-state index in [1.54, 1.807) is 20.8 Å². The van der Waals surface area contributed by atoms with Gasteiger partial charge in [-0.15, -0.1) is 0 Å². The Bertz CT molecular complexity index is 445. The first-order valence-corrected chi connectivity index (χ1v) is 8.41.